The number of pyridine rings is 1. The Labute approximate surface area is 246 Å². The fourth-order valence-electron chi connectivity index (χ4n) is 4.09. The zero-order valence-electron chi connectivity index (χ0n) is 21.2. The molecule has 0 atom stereocenters. The number of rotatable bonds is 8. The number of hydrogen-bond donors (Lipinski definition) is 1. The Balaban J connectivity index is 1.34. The number of nitrogens with one attached hydrogen (secondary N) is 1. The molecule has 5 rings (SSSR count). The summed E-state index contributed by atoms with van der Waals surface area (Å²) in [7, 11) is 1.51. The van der Waals surface area contributed by atoms with Gasteiger partial charge < -0.3 is 9.47 Å². The topological polar surface area (TPSA) is 72.8 Å². The molecule has 1 heterocycles. The van der Waals surface area contributed by atoms with Gasteiger partial charge in [0.1, 0.15) is 6.61 Å². The Kier molecular flexibility index (Phi) is 8.51. The van der Waals surface area contributed by atoms with Gasteiger partial charge in [-0.05, 0) is 47.5 Å². The molecule has 0 aliphatic carbocycles. The lowest BCUT2D eigenvalue weighted by atomic mass is 10.0. The highest BCUT2D eigenvalue weighted by atomic mass is 35.5. The Morgan fingerprint density at radius 2 is 1.68 bits per heavy atom. The van der Waals surface area contributed by atoms with Crippen LogP contribution < -0.4 is 14.9 Å². The average Bonchev–Trinajstić information content (AvgIpc) is 2.97. The van der Waals surface area contributed by atoms with Gasteiger partial charge in [-0.3, -0.25) is 4.79 Å². The molecule has 1 N–H and O–H groups in total. The van der Waals surface area contributed by atoms with Crippen LogP contribution in [-0.4, -0.2) is 24.2 Å². The molecule has 5 aromatic rings. The number of benzene rings is 4. The van der Waals surface area contributed by atoms with Crippen molar-refractivity contribution in [2.45, 2.75) is 6.61 Å². The first-order valence-corrected chi connectivity index (χ1v) is 13.3. The van der Waals surface area contributed by atoms with Crippen LogP contribution in [-0.2, 0) is 6.61 Å². The number of hydrazone groups is 1. The third kappa shape index (κ3) is 6.20. The Morgan fingerprint density at radius 3 is 2.45 bits per heavy atom. The Hall–Kier alpha value is -4.10. The van der Waals surface area contributed by atoms with Crippen LogP contribution in [0.3, 0.4) is 0 Å². The first kappa shape index (κ1) is 27.5. The second-order valence-corrected chi connectivity index (χ2v) is 9.93. The second-order valence-electron chi connectivity index (χ2n) is 8.71. The maximum atomic E-state index is 13.2. The van der Waals surface area contributed by atoms with E-state index in [1.165, 1.54) is 13.3 Å². The van der Waals surface area contributed by atoms with Crippen molar-refractivity contribution in [3.8, 4) is 22.8 Å². The van der Waals surface area contributed by atoms with Gasteiger partial charge >= 0.3 is 0 Å². The lowest BCUT2D eigenvalue weighted by Crippen LogP contribution is -2.18. The van der Waals surface area contributed by atoms with E-state index in [9.17, 15) is 4.79 Å². The molecule has 40 heavy (non-hydrogen) atoms. The predicted molar refractivity (Wildman–Crippen MR) is 161 cm³/mol. The molecule has 1 aromatic heterocycles. The maximum absolute atomic E-state index is 13.2. The first-order chi connectivity index (χ1) is 19.4. The summed E-state index contributed by atoms with van der Waals surface area (Å²) in [5, 5.41) is 6.10. The van der Waals surface area contributed by atoms with E-state index < -0.39 is 0 Å². The quantitative estimate of drug-likeness (QED) is 0.146. The first-order valence-electron chi connectivity index (χ1n) is 12.2. The monoisotopic (exact) mass is 589 g/mol. The zero-order valence-corrected chi connectivity index (χ0v) is 23.5. The van der Waals surface area contributed by atoms with E-state index in [2.05, 4.69) is 10.5 Å². The van der Waals surface area contributed by atoms with Gasteiger partial charge in [-0.1, -0.05) is 89.4 Å². The summed E-state index contributed by atoms with van der Waals surface area (Å²) >= 11 is 18.6. The largest absolute Gasteiger partial charge is 0.493 e. The molecule has 1 amide bonds. The van der Waals surface area contributed by atoms with Gasteiger partial charge in [0.25, 0.3) is 5.91 Å². The standard InChI is InChI=1S/C31H22Cl3N3O3/c1-39-29-15-20(14-26(34)30(29)40-18-19-11-12-24(32)25(33)13-19)17-35-37-31(38)23-16-28(21-7-3-2-4-8-21)36-27-10-6-5-9-22(23)27/h2-17H,18H2,1H3,(H,37,38)/b35-17+. The van der Waals surface area contributed by atoms with Crippen molar-refractivity contribution >= 4 is 57.8 Å². The highest BCUT2D eigenvalue weighted by molar-refractivity contribution is 6.42. The number of amides is 1. The van der Waals surface area contributed by atoms with Crippen molar-refractivity contribution < 1.29 is 14.3 Å². The van der Waals surface area contributed by atoms with Crippen LogP contribution in [0.25, 0.3) is 22.2 Å². The normalized spacial score (nSPS) is 11.1. The molecule has 0 aliphatic rings. The molecule has 0 saturated heterocycles. The number of ether oxygens (including phenoxy) is 2. The van der Waals surface area contributed by atoms with E-state index in [-0.39, 0.29) is 12.5 Å². The van der Waals surface area contributed by atoms with Crippen molar-refractivity contribution in [2.24, 2.45) is 5.10 Å². The van der Waals surface area contributed by atoms with Gasteiger partial charge in [0.15, 0.2) is 11.5 Å². The second kappa shape index (κ2) is 12.4. The van der Waals surface area contributed by atoms with Crippen molar-refractivity contribution in [2.75, 3.05) is 7.11 Å². The van der Waals surface area contributed by atoms with Crippen molar-refractivity contribution in [3.63, 3.8) is 0 Å². The van der Waals surface area contributed by atoms with Crippen LogP contribution in [0.1, 0.15) is 21.5 Å². The van der Waals surface area contributed by atoms with Crippen LogP contribution >= 0.6 is 34.8 Å². The molecule has 0 spiro atoms. The van der Waals surface area contributed by atoms with E-state index in [0.717, 1.165) is 16.5 Å². The van der Waals surface area contributed by atoms with E-state index in [0.29, 0.717) is 48.9 Å². The van der Waals surface area contributed by atoms with Gasteiger partial charge in [0.2, 0.25) is 0 Å². The van der Waals surface area contributed by atoms with E-state index in [4.69, 9.17) is 49.3 Å². The van der Waals surface area contributed by atoms with Crippen LogP contribution in [0.15, 0.2) is 96.1 Å². The zero-order chi connectivity index (χ0) is 28.1. The predicted octanol–water partition coefficient (Wildman–Crippen LogP) is 8.21. The van der Waals surface area contributed by atoms with Gasteiger partial charge in [-0.25, -0.2) is 10.4 Å². The molecule has 0 fully saturated rings. The maximum Gasteiger partial charge on any atom is 0.272 e. The summed E-state index contributed by atoms with van der Waals surface area (Å²) in [4.78, 5) is 17.9. The lowest BCUT2D eigenvalue weighted by molar-refractivity contribution is 0.0956. The molecular formula is C31H22Cl3N3O3. The molecule has 0 saturated carbocycles. The summed E-state index contributed by atoms with van der Waals surface area (Å²) in [6.45, 7) is 0.210. The van der Waals surface area contributed by atoms with Crippen molar-refractivity contribution in [1.82, 2.24) is 10.4 Å². The minimum Gasteiger partial charge on any atom is -0.493 e. The summed E-state index contributed by atoms with van der Waals surface area (Å²) in [5.41, 5.74) is 6.82. The minimum atomic E-state index is -0.369. The number of aromatic nitrogens is 1. The number of carbonyl (C=O) groups excluding carboxylic acids is 1. The number of para-hydroxylation sites is 1. The fraction of sp³-hybridized carbons (Fsp3) is 0.0645. The molecular weight excluding hydrogens is 569 g/mol. The van der Waals surface area contributed by atoms with Crippen LogP contribution in [0.4, 0.5) is 0 Å². The number of nitrogens with zero attached hydrogens (tertiary/aromatic N) is 2. The molecule has 200 valence electrons. The van der Waals surface area contributed by atoms with Crippen molar-refractivity contribution in [1.29, 1.82) is 0 Å². The summed E-state index contributed by atoms with van der Waals surface area (Å²) in [6.07, 6.45) is 1.48. The SMILES string of the molecule is COc1cc(/C=N/NC(=O)c2cc(-c3ccccc3)nc3ccccc23)cc(Cl)c1OCc1ccc(Cl)c(Cl)c1. The van der Waals surface area contributed by atoms with Gasteiger partial charge in [-0.2, -0.15) is 5.10 Å². The van der Waals surface area contributed by atoms with Crippen molar-refractivity contribution in [3.05, 3.63) is 123 Å². The molecule has 0 radical (unpaired) electrons. The Morgan fingerprint density at radius 1 is 0.900 bits per heavy atom. The molecule has 0 unspecified atom stereocenters. The van der Waals surface area contributed by atoms with Crippen LogP contribution in [0, 0.1) is 0 Å². The molecule has 6 nitrogen and oxygen atoms in total. The highest BCUT2D eigenvalue weighted by Gasteiger charge is 2.15. The van der Waals surface area contributed by atoms with Crippen LogP contribution in [0.2, 0.25) is 15.1 Å². The van der Waals surface area contributed by atoms with Gasteiger partial charge in [0.05, 0.1) is 45.2 Å². The third-order valence-electron chi connectivity index (χ3n) is 6.03. The summed E-state index contributed by atoms with van der Waals surface area (Å²) in [6, 6.07) is 27.6. The summed E-state index contributed by atoms with van der Waals surface area (Å²) in [5.74, 6) is 0.410. The fourth-order valence-corrected chi connectivity index (χ4v) is 4.68. The average molecular weight is 591 g/mol. The van der Waals surface area contributed by atoms with Gasteiger partial charge in [-0.15, -0.1) is 0 Å². The van der Waals surface area contributed by atoms with Gasteiger partial charge in [0, 0.05) is 10.9 Å². The Bertz CT molecular complexity index is 1730. The molecule has 4 aromatic carbocycles. The lowest BCUT2D eigenvalue weighted by Gasteiger charge is -2.13. The molecule has 0 aliphatic heterocycles. The molecule has 0 bridgehead atoms. The van der Waals surface area contributed by atoms with E-state index in [1.54, 1.807) is 30.3 Å². The van der Waals surface area contributed by atoms with Crippen LogP contribution in [0.5, 0.6) is 11.5 Å². The highest BCUT2D eigenvalue weighted by Crippen LogP contribution is 2.37. The third-order valence-corrected chi connectivity index (χ3v) is 7.05. The number of fused-ring (bicyclic) bond motifs is 1. The van der Waals surface area contributed by atoms with E-state index in [1.807, 2.05) is 60.7 Å². The van der Waals surface area contributed by atoms with E-state index >= 15 is 0 Å². The smallest absolute Gasteiger partial charge is 0.272 e. The minimum absolute atomic E-state index is 0.210. The summed E-state index contributed by atoms with van der Waals surface area (Å²) < 4.78 is 11.4. The number of carbonyl (C=O) groups is 1. The number of halogens is 3. The molecule has 9 heteroatoms. The number of methoxy groups -OCH3 is 1. The number of hydrogen-bond acceptors (Lipinski definition) is 5.